The molecule has 2 aromatic carbocycles. The molecule has 0 aliphatic heterocycles. The number of nitrogens with one attached hydrogen (secondary N) is 1. The Morgan fingerprint density at radius 1 is 1.03 bits per heavy atom. The molecule has 8 nitrogen and oxygen atoms in total. The van der Waals surface area contributed by atoms with E-state index in [1.165, 1.54) is 12.1 Å². The summed E-state index contributed by atoms with van der Waals surface area (Å²) in [5, 5.41) is 18.8. The lowest BCUT2D eigenvalue weighted by molar-refractivity contribution is -0.129. The number of methoxy groups -OCH3 is 1. The Hall–Kier alpha value is -3.52. The van der Waals surface area contributed by atoms with E-state index in [-0.39, 0.29) is 28.6 Å². The van der Waals surface area contributed by atoms with Crippen molar-refractivity contribution in [2.24, 2.45) is 0 Å². The maximum absolute atomic E-state index is 12.5. The molecule has 164 valence electrons. The summed E-state index contributed by atoms with van der Waals surface area (Å²) in [6, 6.07) is 11.5. The number of phenolic OH excluding ortho intramolecular Hbond substituents is 1. The van der Waals surface area contributed by atoms with E-state index in [4.69, 9.17) is 19.1 Å². The van der Waals surface area contributed by atoms with Crippen molar-refractivity contribution in [2.75, 3.05) is 13.7 Å². The predicted molar refractivity (Wildman–Crippen MR) is 115 cm³/mol. The molecule has 3 rings (SSSR count). The van der Waals surface area contributed by atoms with Gasteiger partial charge in [-0.05, 0) is 37.1 Å². The first-order chi connectivity index (χ1) is 15.0. The van der Waals surface area contributed by atoms with Crippen LogP contribution < -0.4 is 20.4 Å². The van der Waals surface area contributed by atoms with E-state index >= 15 is 0 Å². The summed E-state index contributed by atoms with van der Waals surface area (Å²) in [6.07, 6.45) is 3.41. The third-order valence-corrected chi connectivity index (χ3v) is 4.85. The second-order valence-electron chi connectivity index (χ2n) is 7.07. The topological polar surface area (TPSA) is 118 Å². The van der Waals surface area contributed by atoms with Gasteiger partial charge in [0.2, 0.25) is 5.91 Å². The smallest absolute Gasteiger partial charge is 0.243 e. The van der Waals surface area contributed by atoms with Crippen LogP contribution in [0.3, 0.4) is 0 Å². The molecule has 0 aliphatic rings. The Labute approximate surface area is 179 Å². The van der Waals surface area contributed by atoms with Gasteiger partial charge in [-0.3, -0.25) is 14.8 Å². The number of carbonyl (C=O) groups is 1. The molecule has 3 aromatic rings. The zero-order chi connectivity index (χ0) is 22.2. The zero-order valence-corrected chi connectivity index (χ0v) is 17.2. The van der Waals surface area contributed by atoms with Gasteiger partial charge in [-0.1, -0.05) is 12.8 Å². The highest BCUT2D eigenvalue weighted by Crippen LogP contribution is 2.31. The number of benzene rings is 2. The number of hydroxylamine groups is 1. The number of hydrogen-bond donors (Lipinski definition) is 3. The van der Waals surface area contributed by atoms with E-state index < -0.39 is 5.91 Å². The summed E-state index contributed by atoms with van der Waals surface area (Å²) >= 11 is 0. The number of unbranched alkanes of at least 4 members (excludes halogenated alkanes) is 3. The number of amides is 1. The molecule has 0 saturated carbocycles. The predicted octanol–water partition coefficient (Wildman–Crippen LogP) is 4.01. The average Bonchev–Trinajstić information content (AvgIpc) is 2.77. The van der Waals surface area contributed by atoms with Gasteiger partial charge in [0.05, 0.1) is 13.7 Å². The highest BCUT2D eigenvalue weighted by atomic mass is 16.5. The van der Waals surface area contributed by atoms with Crippen molar-refractivity contribution >= 4 is 16.9 Å². The van der Waals surface area contributed by atoms with Crippen LogP contribution in [0.5, 0.6) is 17.2 Å². The monoisotopic (exact) mass is 427 g/mol. The maximum atomic E-state index is 12.5. The van der Waals surface area contributed by atoms with Crippen LogP contribution in [0.15, 0.2) is 51.7 Å². The molecule has 0 saturated heterocycles. The minimum atomic E-state index is -0.390. The molecule has 0 radical (unpaired) electrons. The van der Waals surface area contributed by atoms with E-state index in [0.717, 1.165) is 19.3 Å². The van der Waals surface area contributed by atoms with E-state index in [9.17, 15) is 14.7 Å². The fourth-order valence-corrected chi connectivity index (χ4v) is 3.21. The summed E-state index contributed by atoms with van der Waals surface area (Å²) in [5.74, 6) is 0.885. The van der Waals surface area contributed by atoms with Crippen molar-refractivity contribution in [1.82, 2.24) is 5.48 Å². The lowest BCUT2D eigenvalue weighted by Gasteiger charge is -2.09. The van der Waals surface area contributed by atoms with Crippen LogP contribution in [0.1, 0.15) is 32.1 Å². The molecule has 0 spiro atoms. The Bertz CT molecular complexity index is 1090. The van der Waals surface area contributed by atoms with Crippen LogP contribution in [0, 0.1) is 0 Å². The number of phenols is 1. The molecule has 3 N–H and O–H groups in total. The number of ether oxygens (including phenoxy) is 2. The third kappa shape index (κ3) is 5.76. The Morgan fingerprint density at radius 2 is 1.77 bits per heavy atom. The van der Waals surface area contributed by atoms with Gasteiger partial charge in [-0.25, -0.2) is 5.48 Å². The molecule has 1 amide bonds. The normalized spacial score (nSPS) is 10.8. The van der Waals surface area contributed by atoms with Gasteiger partial charge in [0.25, 0.3) is 0 Å². The van der Waals surface area contributed by atoms with Gasteiger partial charge in [0, 0.05) is 30.2 Å². The molecule has 0 atom stereocenters. The third-order valence-electron chi connectivity index (χ3n) is 4.85. The first kappa shape index (κ1) is 22.2. The fourth-order valence-electron chi connectivity index (χ4n) is 3.21. The summed E-state index contributed by atoms with van der Waals surface area (Å²) in [7, 11) is 1.57. The number of fused-ring (bicyclic) bond motifs is 1. The first-order valence-corrected chi connectivity index (χ1v) is 10.0. The average molecular weight is 427 g/mol. The highest BCUT2D eigenvalue weighted by Gasteiger charge is 2.13. The second-order valence-corrected chi connectivity index (χ2v) is 7.07. The molecule has 0 aliphatic carbocycles. The van der Waals surface area contributed by atoms with Crippen LogP contribution in [0.2, 0.25) is 0 Å². The molecule has 31 heavy (non-hydrogen) atoms. The summed E-state index contributed by atoms with van der Waals surface area (Å²) in [4.78, 5) is 23.5. The van der Waals surface area contributed by atoms with Crippen LogP contribution in [0.25, 0.3) is 22.3 Å². The van der Waals surface area contributed by atoms with Crippen molar-refractivity contribution < 1.29 is 29.0 Å². The van der Waals surface area contributed by atoms with Gasteiger partial charge in [0.15, 0.2) is 5.43 Å². The fraction of sp³-hybridized carbons (Fsp3) is 0.304. The molecule has 1 aromatic heterocycles. The largest absolute Gasteiger partial charge is 0.507 e. The van der Waals surface area contributed by atoms with Crippen LogP contribution in [-0.4, -0.2) is 29.9 Å². The van der Waals surface area contributed by atoms with Crippen molar-refractivity contribution in [1.29, 1.82) is 0 Å². The Balaban J connectivity index is 1.68. The van der Waals surface area contributed by atoms with Gasteiger partial charge < -0.3 is 19.0 Å². The minimum Gasteiger partial charge on any atom is -0.507 e. The number of carbonyl (C=O) groups excluding carboxylic acids is 1. The van der Waals surface area contributed by atoms with E-state index in [1.54, 1.807) is 42.9 Å². The molecule has 0 bridgehead atoms. The number of aromatic hydroxyl groups is 1. The van der Waals surface area contributed by atoms with E-state index in [2.05, 4.69) is 0 Å². The van der Waals surface area contributed by atoms with Gasteiger partial charge in [0.1, 0.15) is 34.0 Å². The van der Waals surface area contributed by atoms with Crippen molar-refractivity contribution in [3.63, 3.8) is 0 Å². The summed E-state index contributed by atoms with van der Waals surface area (Å²) < 4.78 is 16.7. The van der Waals surface area contributed by atoms with Crippen LogP contribution in [-0.2, 0) is 4.79 Å². The standard InChI is InChI=1S/C23H25NO7/c1-29-16-9-7-15(8-10-16)20-14-19(26)23-18(25)12-17(13-21(23)31-20)30-11-5-3-2-4-6-22(27)24-28/h7-10,12-14,25,28H,2-6,11H2,1H3,(H,24,27). The van der Waals surface area contributed by atoms with E-state index in [1.807, 2.05) is 0 Å². The lowest BCUT2D eigenvalue weighted by atomic mass is 10.1. The quantitative estimate of drug-likeness (QED) is 0.254. The Morgan fingerprint density at radius 3 is 2.48 bits per heavy atom. The SMILES string of the molecule is COc1ccc(-c2cc(=O)c3c(O)cc(OCCCCCCC(=O)NO)cc3o2)cc1. The van der Waals surface area contributed by atoms with E-state index in [0.29, 0.717) is 35.9 Å². The molecule has 0 unspecified atom stereocenters. The van der Waals surface area contributed by atoms with Gasteiger partial charge in [-0.15, -0.1) is 0 Å². The van der Waals surface area contributed by atoms with Crippen molar-refractivity contribution in [3.05, 3.63) is 52.7 Å². The highest BCUT2D eigenvalue weighted by molar-refractivity contribution is 5.86. The minimum absolute atomic E-state index is 0.103. The van der Waals surface area contributed by atoms with Crippen LogP contribution in [0.4, 0.5) is 0 Å². The molecular formula is C23H25NO7. The first-order valence-electron chi connectivity index (χ1n) is 10.0. The number of hydrogen-bond acceptors (Lipinski definition) is 7. The summed E-state index contributed by atoms with van der Waals surface area (Å²) in [5.41, 5.74) is 2.21. The zero-order valence-electron chi connectivity index (χ0n) is 17.2. The molecule has 1 heterocycles. The van der Waals surface area contributed by atoms with Gasteiger partial charge >= 0.3 is 0 Å². The van der Waals surface area contributed by atoms with Crippen molar-refractivity contribution in [2.45, 2.75) is 32.1 Å². The Kier molecular flexibility index (Phi) is 7.50. The number of rotatable bonds is 10. The van der Waals surface area contributed by atoms with Gasteiger partial charge in [-0.2, -0.15) is 0 Å². The maximum Gasteiger partial charge on any atom is 0.243 e. The van der Waals surface area contributed by atoms with Crippen molar-refractivity contribution in [3.8, 4) is 28.6 Å². The molecule has 8 heteroatoms. The van der Waals surface area contributed by atoms with Crippen LogP contribution >= 0.6 is 0 Å². The molecule has 0 fully saturated rings. The second kappa shape index (κ2) is 10.5. The summed E-state index contributed by atoms with van der Waals surface area (Å²) in [6.45, 7) is 0.416. The lowest BCUT2D eigenvalue weighted by Crippen LogP contribution is -2.17. The molecular weight excluding hydrogens is 402 g/mol.